The first-order valence-electron chi connectivity index (χ1n) is 11.2. The Morgan fingerprint density at radius 3 is 2.48 bits per heavy atom. The van der Waals surface area contributed by atoms with Crippen LogP contribution in [0.25, 0.3) is 0 Å². The molecule has 168 valence electrons. The molecule has 0 aliphatic carbocycles. The van der Waals surface area contributed by atoms with Crippen LogP contribution in [0.2, 0.25) is 0 Å². The Morgan fingerprint density at radius 2 is 1.87 bits per heavy atom. The third-order valence-corrected chi connectivity index (χ3v) is 5.91. The summed E-state index contributed by atoms with van der Waals surface area (Å²) in [6.07, 6.45) is 0. The molecule has 1 heterocycles. The minimum absolute atomic E-state index is 0.0908. The molecule has 2 aromatic rings. The highest BCUT2D eigenvalue weighted by Gasteiger charge is 2.23. The fraction of sp³-hybridized carbons (Fsp3) is 0.480. The lowest BCUT2D eigenvalue weighted by Crippen LogP contribution is -2.43. The number of benzene rings is 2. The van der Waals surface area contributed by atoms with E-state index in [-0.39, 0.29) is 17.8 Å². The van der Waals surface area contributed by atoms with Crippen molar-refractivity contribution in [3.63, 3.8) is 0 Å². The molecule has 1 saturated heterocycles. The molecule has 31 heavy (non-hydrogen) atoms. The smallest absolute Gasteiger partial charge is 0.251 e. The van der Waals surface area contributed by atoms with Gasteiger partial charge in [0.05, 0.1) is 19.3 Å². The maximum absolute atomic E-state index is 13.8. The van der Waals surface area contributed by atoms with Crippen LogP contribution in [0.5, 0.6) is 0 Å². The van der Waals surface area contributed by atoms with E-state index >= 15 is 0 Å². The van der Waals surface area contributed by atoms with Gasteiger partial charge in [-0.25, -0.2) is 4.39 Å². The minimum Gasteiger partial charge on any atom is -0.379 e. The normalized spacial score (nSPS) is 15.9. The highest BCUT2D eigenvalue weighted by Crippen LogP contribution is 2.22. The zero-order valence-electron chi connectivity index (χ0n) is 18.8. The van der Waals surface area contributed by atoms with Gasteiger partial charge in [0.15, 0.2) is 0 Å². The van der Waals surface area contributed by atoms with Crippen LogP contribution in [-0.2, 0) is 11.3 Å². The van der Waals surface area contributed by atoms with Gasteiger partial charge in [-0.05, 0) is 55.8 Å². The van der Waals surface area contributed by atoms with Gasteiger partial charge in [-0.3, -0.25) is 14.6 Å². The molecule has 1 aliphatic heterocycles. The van der Waals surface area contributed by atoms with Crippen molar-refractivity contribution >= 4 is 5.91 Å². The highest BCUT2D eigenvalue weighted by molar-refractivity contribution is 5.94. The van der Waals surface area contributed by atoms with E-state index in [0.717, 1.165) is 31.7 Å². The Bertz CT molecular complexity index is 835. The van der Waals surface area contributed by atoms with Crippen LogP contribution in [0.4, 0.5) is 4.39 Å². The molecule has 1 unspecified atom stereocenters. The molecule has 1 amide bonds. The highest BCUT2D eigenvalue weighted by atomic mass is 19.1. The number of ether oxygens (including phenoxy) is 1. The van der Waals surface area contributed by atoms with Crippen molar-refractivity contribution in [2.45, 2.75) is 39.4 Å². The summed E-state index contributed by atoms with van der Waals surface area (Å²) in [6, 6.07) is 14.8. The van der Waals surface area contributed by atoms with Crippen molar-refractivity contribution in [3.8, 4) is 0 Å². The largest absolute Gasteiger partial charge is 0.379 e. The van der Waals surface area contributed by atoms with E-state index in [4.69, 9.17) is 4.74 Å². The fourth-order valence-electron chi connectivity index (χ4n) is 4.01. The molecule has 5 nitrogen and oxygen atoms in total. The standard InChI is InChI=1S/C25H34FN3O2/c1-4-28(19(2)3)18-20-8-10-21(11-9-20)25(30)27-17-24(29-12-14-31-15-13-29)22-6-5-7-23(26)16-22/h5-11,16,19,24H,4,12-15,17-18H2,1-3H3,(H,27,30). The third-order valence-electron chi connectivity index (χ3n) is 5.91. The van der Waals surface area contributed by atoms with Gasteiger partial charge in [-0.15, -0.1) is 0 Å². The van der Waals surface area contributed by atoms with Crippen molar-refractivity contribution in [2.24, 2.45) is 0 Å². The van der Waals surface area contributed by atoms with Gasteiger partial charge >= 0.3 is 0 Å². The van der Waals surface area contributed by atoms with Crippen LogP contribution in [0, 0.1) is 5.82 Å². The Labute approximate surface area is 185 Å². The molecule has 1 fully saturated rings. The topological polar surface area (TPSA) is 44.8 Å². The van der Waals surface area contributed by atoms with Crippen molar-refractivity contribution < 1.29 is 13.9 Å². The third kappa shape index (κ3) is 6.60. The SMILES string of the molecule is CCN(Cc1ccc(C(=O)NCC(c2cccc(F)c2)N2CCOCC2)cc1)C(C)C. The lowest BCUT2D eigenvalue weighted by Gasteiger charge is -2.35. The number of halogens is 1. The average Bonchev–Trinajstić information content (AvgIpc) is 2.78. The molecule has 0 saturated carbocycles. The van der Waals surface area contributed by atoms with Crippen LogP contribution < -0.4 is 5.32 Å². The maximum Gasteiger partial charge on any atom is 0.251 e. The second-order valence-corrected chi connectivity index (χ2v) is 8.28. The van der Waals surface area contributed by atoms with E-state index in [2.05, 4.69) is 35.9 Å². The Hall–Kier alpha value is -2.28. The summed E-state index contributed by atoms with van der Waals surface area (Å²) < 4.78 is 19.3. The van der Waals surface area contributed by atoms with E-state index in [1.54, 1.807) is 12.1 Å². The van der Waals surface area contributed by atoms with Gasteiger partial charge in [0.2, 0.25) is 0 Å². The van der Waals surface area contributed by atoms with E-state index in [0.29, 0.717) is 31.4 Å². The first-order chi connectivity index (χ1) is 15.0. The van der Waals surface area contributed by atoms with Crippen LogP contribution in [0.15, 0.2) is 48.5 Å². The number of rotatable bonds is 9. The number of hydrogen-bond acceptors (Lipinski definition) is 4. The fourth-order valence-corrected chi connectivity index (χ4v) is 4.01. The van der Waals surface area contributed by atoms with Gasteiger partial charge < -0.3 is 10.1 Å². The Kier molecular flexibility index (Phi) is 8.58. The average molecular weight is 428 g/mol. The number of carbonyl (C=O) groups excluding carboxylic acids is 1. The van der Waals surface area contributed by atoms with Crippen molar-refractivity contribution in [3.05, 3.63) is 71.0 Å². The van der Waals surface area contributed by atoms with E-state index in [1.165, 1.54) is 11.6 Å². The number of morpholine rings is 1. The van der Waals surface area contributed by atoms with Gasteiger partial charge in [-0.2, -0.15) is 0 Å². The summed E-state index contributed by atoms with van der Waals surface area (Å²) >= 11 is 0. The molecule has 0 radical (unpaired) electrons. The number of nitrogens with zero attached hydrogens (tertiary/aromatic N) is 2. The molecule has 1 aliphatic rings. The summed E-state index contributed by atoms with van der Waals surface area (Å²) in [7, 11) is 0. The summed E-state index contributed by atoms with van der Waals surface area (Å²) in [5.74, 6) is -0.377. The first-order valence-corrected chi connectivity index (χ1v) is 11.2. The van der Waals surface area contributed by atoms with Crippen LogP contribution in [-0.4, -0.2) is 61.1 Å². The van der Waals surface area contributed by atoms with Crippen molar-refractivity contribution in [2.75, 3.05) is 39.4 Å². The molecule has 3 rings (SSSR count). The van der Waals surface area contributed by atoms with Crippen LogP contribution in [0.1, 0.15) is 48.3 Å². The first kappa shape index (κ1) is 23.4. The minimum atomic E-state index is -0.264. The summed E-state index contributed by atoms with van der Waals surface area (Å²) in [6.45, 7) is 11.6. The van der Waals surface area contributed by atoms with Crippen molar-refractivity contribution in [1.82, 2.24) is 15.1 Å². The molecule has 2 aromatic carbocycles. The van der Waals surface area contributed by atoms with E-state index in [1.807, 2.05) is 30.3 Å². The Morgan fingerprint density at radius 1 is 1.16 bits per heavy atom. The molecule has 0 aromatic heterocycles. The van der Waals surface area contributed by atoms with Gasteiger partial charge in [0.25, 0.3) is 5.91 Å². The molecule has 1 atom stereocenters. The molecule has 6 heteroatoms. The molecular weight excluding hydrogens is 393 g/mol. The number of nitrogens with one attached hydrogen (secondary N) is 1. The summed E-state index contributed by atoms with van der Waals surface area (Å²) in [4.78, 5) is 17.4. The number of hydrogen-bond donors (Lipinski definition) is 1. The summed E-state index contributed by atoms with van der Waals surface area (Å²) in [5, 5.41) is 3.05. The van der Waals surface area contributed by atoms with Gasteiger partial charge in [0.1, 0.15) is 5.82 Å². The number of amides is 1. The zero-order chi connectivity index (χ0) is 22.2. The predicted octanol–water partition coefficient (Wildman–Crippen LogP) is 3.86. The predicted molar refractivity (Wildman–Crippen MR) is 122 cm³/mol. The quantitative estimate of drug-likeness (QED) is 0.660. The lowest BCUT2D eigenvalue weighted by atomic mass is 10.0. The van der Waals surface area contributed by atoms with Crippen LogP contribution >= 0.6 is 0 Å². The number of carbonyl (C=O) groups is 1. The van der Waals surface area contributed by atoms with Crippen molar-refractivity contribution in [1.29, 1.82) is 0 Å². The molecule has 0 spiro atoms. The monoisotopic (exact) mass is 427 g/mol. The second-order valence-electron chi connectivity index (χ2n) is 8.28. The summed E-state index contributed by atoms with van der Waals surface area (Å²) in [5.41, 5.74) is 2.69. The molecule has 0 bridgehead atoms. The van der Waals surface area contributed by atoms with Gasteiger partial charge in [-0.1, -0.05) is 31.2 Å². The lowest BCUT2D eigenvalue weighted by molar-refractivity contribution is 0.0162. The van der Waals surface area contributed by atoms with E-state index < -0.39 is 0 Å². The maximum atomic E-state index is 13.8. The molecular formula is C25H34FN3O2. The van der Waals surface area contributed by atoms with E-state index in [9.17, 15) is 9.18 Å². The van der Waals surface area contributed by atoms with Gasteiger partial charge in [0, 0.05) is 37.8 Å². The molecule has 1 N–H and O–H groups in total. The second kappa shape index (κ2) is 11.4. The Balaban J connectivity index is 1.65. The zero-order valence-corrected chi connectivity index (χ0v) is 18.8. The van der Waals surface area contributed by atoms with Crippen LogP contribution in [0.3, 0.4) is 0 Å².